The molecule has 0 fully saturated rings. The monoisotopic (exact) mass is 246 g/mol. The van der Waals surface area contributed by atoms with Crippen molar-refractivity contribution in [1.82, 2.24) is 5.32 Å². The van der Waals surface area contributed by atoms with E-state index in [1.807, 2.05) is 0 Å². The Balaban J connectivity index is 2.88. The molecule has 1 rings (SSSR count). The molecule has 1 radical (unpaired) electrons. The van der Waals surface area contributed by atoms with Gasteiger partial charge in [0, 0.05) is 6.54 Å². The third-order valence-corrected chi connectivity index (χ3v) is 1.82. The van der Waals surface area contributed by atoms with Crippen molar-refractivity contribution in [2.45, 2.75) is 12.8 Å². The number of para-hydroxylation sites is 1. The number of amides is 1. The van der Waals surface area contributed by atoms with Crippen LogP contribution in [0, 0.1) is 6.92 Å². The average molecular weight is 246 g/mol. The van der Waals surface area contributed by atoms with Crippen LogP contribution in [-0.2, 0) is 0 Å². The molecular weight excluding hydrogens is 235 g/mol. The SMILES string of the molecule is [CH2]CCNC(=O)c1ccccc1OC(F)(F)F. The Labute approximate surface area is 96.6 Å². The normalized spacial score (nSPS) is 11.1. The molecule has 0 saturated heterocycles. The molecule has 1 aromatic rings. The van der Waals surface area contributed by atoms with Crippen molar-refractivity contribution in [3.05, 3.63) is 36.8 Å². The molecule has 17 heavy (non-hydrogen) atoms. The summed E-state index contributed by atoms with van der Waals surface area (Å²) in [7, 11) is 0. The molecule has 0 aliphatic heterocycles. The summed E-state index contributed by atoms with van der Waals surface area (Å²) in [5, 5.41) is 2.43. The van der Waals surface area contributed by atoms with Crippen molar-refractivity contribution in [2.24, 2.45) is 0 Å². The minimum atomic E-state index is -4.82. The highest BCUT2D eigenvalue weighted by Gasteiger charge is 2.32. The molecule has 0 aromatic heterocycles. The van der Waals surface area contributed by atoms with Crippen LogP contribution in [0.25, 0.3) is 0 Å². The average Bonchev–Trinajstić information content (AvgIpc) is 2.24. The highest BCUT2D eigenvalue weighted by atomic mass is 19.4. The van der Waals surface area contributed by atoms with E-state index < -0.39 is 18.0 Å². The number of ether oxygens (including phenoxy) is 1. The molecule has 0 saturated carbocycles. The van der Waals surface area contributed by atoms with Gasteiger partial charge in [0.2, 0.25) is 0 Å². The summed E-state index contributed by atoms with van der Waals surface area (Å²) < 4.78 is 40.0. The zero-order valence-corrected chi connectivity index (χ0v) is 8.88. The third kappa shape index (κ3) is 4.34. The first-order chi connectivity index (χ1) is 7.94. The molecule has 0 atom stereocenters. The van der Waals surface area contributed by atoms with E-state index in [-0.39, 0.29) is 5.56 Å². The van der Waals surface area contributed by atoms with E-state index in [0.717, 1.165) is 6.07 Å². The van der Waals surface area contributed by atoms with Crippen LogP contribution in [0.15, 0.2) is 24.3 Å². The maximum absolute atomic E-state index is 12.1. The second kappa shape index (κ2) is 5.56. The quantitative estimate of drug-likeness (QED) is 0.886. The van der Waals surface area contributed by atoms with Gasteiger partial charge in [0.15, 0.2) is 0 Å². The lowest BCUT2D eigenvalue weighted by molar-refractivity contribution is -0.274. The van der Waals surface area contributed by atoms with Crippen molar-refractivity contribution >= 4 is 5.91 Å². The zero-order chi connectivity index (χ0) is 12.9. The Morgan fingerprint density at radius 2 is 2.00 bits per heavy atom. The fourth-order valence-electron chi connectivity index (χ4n) is 1.17. The topological polar surface area (TPSA) is 38.3 Å². The van der Waals surface area contributed by atoms with Crippen molar-refractivity contribution in [2.75, 3.05) is 6.54 Å². The highest BCUT2D eigenvalue weighted by molar-refractivity contribution is 5.96. The summed E-state index contributed by atoms with van der Waals surface area (Å²) in [6.07, 6.45) is -4.36. The summed E-state index contributed by atoms with van der Waals surface area (Å²) in [5.74, 6) is -1.13. The first-order valence-electron chi connectivity index (χ1n) is 4.86. The number of hydrogen-bond donors (Lipinski definition) is 1. The van der Waals surface area contributed by atoms with Gasteiger partial charge in [-0.25, -0.2) is 0 Å². The summed E-state index contributed by atoms with van der Waals surface area (Å²) >= 11 is 0. The summed E-state index contributed by atoms with van der Waals surface area (Å²) in [5.41, 5.74) is -0.154. The van der Waals surface area contributed by atoms with Gasteiger partial charge in [-0.1, -0.05) is 19.1 Å². The maximum Gasteiger partial charge on any atom is 0.573 e. The van der Waals surface area contributed by atoms with Crippen molar-refractivity contribution in [3.8, 4) is 5.75 Å². The van der Waals surface area contributed by atoms with Crippen LogP contribution in [-0.4, -0.2) is 18.8 Å². The lowest BCUT2D eigenvalue weighted by atomic mass is 10.2. The minimum absolute atomic E-state index is 0.154. The third-order valence-electron chi connectivity index (χ3n) is 1.82. The van der Waals surface area contributed by atoms with Gasteiger partial charge in [-0.3, -0.25) is 4.79 Å². The van der Waals surface area contributed by atoms with Crippen LogP contribution in [0.1, 0.15) is 16.8 Å². The number of carbonyl (C=O) groups excluding carboxylic acids is 1. The second-order valence-corrected chi connectivity index (χ2v) is 3.15. The van der Waals surface area contributed by atoms with Gasteiger partial charge in [-0.15, -0.1) is 13.2 Å². The van der Waals surface area contributed by atoms with Crippen LogP contribution >= 0.6 is 0 Å². The van der Waals surface area contributed by atoms with E-state index in [0.29, 0.717) is 13.0 Å². The predicted octanol–water partition coefficient (Wildman–Crippen LogP) is 2.54. The fourth-order valence-corrected chi connectivity index (χ4v) is 1.17. The lowest BCUT2D eigenvalue weighted by Crippen LogP contribution is -2.26. The number of halogens is 3. The molecule has 0 unspecified atom stereocenters. The van der Waals surface area contributed by atoms with Gasteiger partial charge in [0.1, 0.15) is 5.75 Å². The highest BCUT2D eigenvalue weighted by Crippen LogP contribution is 2.25. The Bertz CT molecular complexity index is 391. The van der Waals surface area contributed by atoms with E-state index in [2.05, 4.69) is 17.0 Å². The number of carbonyl (C=O) groups is 1. The summed E-state index contributed by atoms with van der Waals surface area (Å²) in [6.45, 7) is 3.80. The molecule has 6 heteroatoms. The van der Waals surface area contributed by atoms with Crippen LogP contribution in [0.5, 0.6) is 5.75 Å². The molecular formula is C11H11F3NO2. The van der Waals surface area contributed by atoms with Gasteiger partial charge < -0.3 is 10.1 Å². The Morgan fingerprint density at radius 3 is 2.59 bits per heavy atom. The van der Waals surface area contributed by atoms with E-state index in [1.54, 1.807) is 0 Å². The molecule has 0 aliphatic carbocycles. The van der Waals surface area contributed by atoms with E-state index in [9.17, 15) is 18.0 Å². The Kier molecular flexibility index (Phi) is 4.37. The number of nitrogens with one attached hydrogen (secondary N) is 1. The number of alkyl halides is 3. The smallest absolute Gasteiger partial charge is 0.405 e. The number of hydrogen-bond acceptors (Lipinski definition) is 2. The Hall–Kier alpha value is -1.72. The van der Waals surface area contributed by atoms with Crippen molar-refractivity contribution in [1.29, 1.82) is 0 Å². The maximum atomic E-state index is 12.1. The largest absolute Gasteiger partial charge is 0.573 e. The molecule has 0 aliphatic rings. The number of benzene rings is 1. The summed E-state index contributed by atoms with van der Waals surface area (Å²) in [4.78, 5) is 11.5. The van der Waals surface area contributed by atoms with Gasteiger partial charge in [0.25, 0.3) is 5.91 Å². The molecule has 93 valence electrons. The van der Waals surface area contributed by atoms with E-state index >= 15 is 0 Å². The van der Waals surface area contributed by atoms with E-state index in [1.165, 1.54) is 18.2 Å². The second-order valence-electron chi connectivity index (χ2n) is 3.15. The Morgan fingerprint density at radius 1 is 1.35 bits per heavy atom. The van der Waals surface area contributed by atoms with Gasteiger partial charge in [-0.05, 0) is 18.6 Å². The minimum Gasteiger partial charge on any atom is -0.405 e. The summed E-state index contributed by atoms with van der Waals surface area (Å²) in [6, 6.07) is 5.17. The molecule has 1 amide bonds. The molecule has 0 heterocycles. The zero-order valence-electron chi connectivity index (χ0n) is 8.88. The van der Waals surface area contributed by atoms with Crippen LogP contribution in [0.3, 0.4) is 0 Å². The molecule has 0 bridgehead atoms. The fraction of sp³-hybridized carbons (Fsp3) is 0.273. The van der Waals surface area contributed by atoms with Crippen molar-refractivity contribution < 1.29 is 22.7 Å². The molecule has 1 N–H and O–H groups in total. The molecule has 1 aromatic carbocycles. The van der Waals surface area contributed by atoms with Crippen molar-refractivity contribution in [3.63, 3.8) is 0 Å². The molecule has 3 nitrogen and oxygen atoms in total. The van der Waals surface area contributed by atoms with Crippen LogP contribution in [0.4, 0.5) is 13.2 Å². The van der Waals surface area contributed by atoms with Gasteiger partial charge in [-0.2, -0.15) is 0 Å². The van der Waals surface area contributed by atoms with Gasteiger partial charge >= 0.3 is 6.36 Å². The first-order valence-corrected chi connectivity index (χ1v) is 4.86. The first kappa shape index (κ1) is 13.3. The van der Waals surface area contributed by atoms with Crippen LogP contribution in [0.2, 0.25) is 0 Å². The number of rotatable bonds is 4. The predicted molar refractivity (Wildman–Crippen MR) is 55.4 cm³/mol. The standard InChI is InChI=1S/C11H11F3NO2/c1-2-7-15-10(16)8-5-3-4-6-9(8)17-11(12,13)14/h3-6H,1-2,7H2,(H,15,16). The van der Waals surface area contributed by atoms with Gasteiger partial charge in [0.05, 0.1) is 5.56 Å². The lowest BCUT2D eigenvalue weighted by Gasteiger charge is -2.12. The van der Waals surface area contributed by atoms with Crippen LogP contribution < -0.4 is 10.1 Å². The van der Waals surface area contributed by atoms with E-state index in [4.69, 9.17) is 0 Å². The molecule has 0 spiro atoms.